The van der Waals surface area contributed by atoms with Crippen LogP contribution in [0.1, 0.15) is 47.0 Å². The van der Waals surface area contributed by atoms with E-state index in [-0.39, 0.29) is 0 Å². The molecule has 0 aromatic heterocycles. The number of nitrogens with zero attached hydrogens (tertiary/aromatic N) is 2. The highest BCUT2D eigenvalue weighted by atomic mass is 15.3. The van der Waals surface area contributed by atoms with Gasteiger partial charge in [-0.2, -0.15) is 0 Å². The van der Waals surface area contributed by atoms with Crippen molar-refractivity contribution in [1.82, 2.24) is 15.1 Å². The van der Waals surface area contributed by atoms with Gasteiger partial charge in [-0.1, -0.05) is 0 Å². The molecule has 2 fully saturated rings. The van der Waals surface area contributed by atoms with Gasteiger partial charge in [-0.15, -0.1) is 0 Å². The van der Waals surface area contributed by atoms with E-state index in [0.29, 0.717) is 18.1 Å². The average Bonchev–Trinajstić information content (AvgIpc) is 2.58. The third-order valence-electron chi connectivity index (χ3n) is 4.74. The minimum Gasteiger partial charge on any atom is -0.311 e. The van der Waals surface area contributed by atoms with Gasteiger partial charge in [-0.25, -0.2) is 0 Å². The van der Waals surface area contributed by atoms with Gasteiger partial charge in [-0.3, -0.25) is 4.90 Å². The molecule has 2 aliphatic rings. The van der Waals surface area contributed by atoms with Crippen LogP contribution in [0.2, 0.25) is 0 Å². The number of nitrogens with one attached hydrogen (secondary N) is 1. The molecular formula is C15H31N3. The second-order valence-electron chi connectivity index (χ2n) is 6.57. The third-order valence-corrected chi connectivity index (χ3v) is 4.74. The van der Waals surface area contributed by atoms with Crippen molar-refractivity contribution in [2.45, 2.75) is 71.1 Å². The van der Waals surface area contributed by atoms with Crippen molar-refractivity contribution in [3.8, 4) is 0 Å². The lowest BCUT2D eigenvalue weighted by Gasteiger charge is -2.42. The Balaban J connectivity index is 1.92. The van der Waals surface area contributed by atoms with Crippen molar-refractivity contribution in [2.24, 2.45) is 0 Å². The maximum absolute atomic E-state index is 3.59. The molecule has 0 bridgehead atoms. The van der Waals surface area contributed by atoms with E-state index in [9.17, 15) is 0 Å². The van der Waals surface area contributed by atoms with Crippen LogP contribution < -0.4 is 5.32 Å². The first-order chi connectivity index (χ1) is 8.58. The summed E-state index contributed by atoms with van der Waals surface area (Å²) >= 11 is 0. The number of hydrogen-bond donors (Lipinski definition) is 1. The van der Waals surface area contributed by atoms with Gasteiger partial charge in [0.25, 0.3) is 0 Å². The lowest BCUT2D eigenvalue weighted by molar-refractivity contribution is 0.0852. The van der Waals surface area contributed by atoms with E-state index in [4.69, 9.17) is 0 Å². The molecule has 106 valence electrons. The average molecular weight is 253 g/mol. The van der Waals surface area contributed by atoms with Crippen molar-refractivity contribution in [2.75, 3.05) is 26.2 Å². The van der Waals surface area contributed by atoms with Gasteiger partial charge in [-0.05, 0) is 60.0 Å². The Kier molecular flexibility index (Phi) is 5.05. The van der Waals surface area contributed by atoms with Gasteiger partial charge < -0.3 is 10.2 Å². The molecule has 0 aromatic carbocycles. The molecule has 3 unspecified atom stereocenters. The van der Waals surface area contributed by atoms with Crippen LogP contribution in [0.3, 0.4) is 0 Å². The van der Waals surface area contributed by atoms with E-state index in [0.717, 1.165) is 12.6 Å². The van der Waals surface area contributed by atoms with Crippen molar-refractivity contribution in [3.63, 3.8) is 0 Å². The highest BCUT2D eigenvalue weighted by molar-refractivity contribution is 4.88. The minimum absolute atomic E-state index is 0.658. The Morgan fingerprint density at radius 3 is 2.61 bits per heavy atom. The van der Waals surface area contributed by atoms with Gasteiger partial charge in [0.05, 0.1) is 0 Å². The molecule has 2 heterocycles. The minimum atomic E-state index is 0.658. The van der Waals surface area contributed by atoms with E-state index >= 15 is 0 Å². The van der Waals surface area contributed by atoms with Crippen LogP contribution in [0.15, 0.2) is 0 Å². The first-order valence-electron chi connectivity index (χ1n) is 7.81. The summed E-state index contributed by atoms with van der Waals surface area (Å²) in [6.07, 6.45) is 4.11. The van der Waals surface area contributed by atoms with Crippen molar-refractivity contribution >= 4 is 0 Å². The number of hydrogen-bond acceptors (Lipinski definition) is 3. The summed E-state index contributed by atoms with van der Waals surface area (Å²) in [5, 5.41) is 3.59. The molecule has 2 saturated heterocycles. The Labute approximate surface area is 113 Å². The van der Waals surface area contributed by atoms with Crippen LogP contribution in [-0.2, 0) is 0 Å². The summed E-state index contributed by atoms with van der Waals surface area (Å²) in [6.45, 7) is 14.3. The zero-order chi connectivity index (χ0) is 13.1. The number of piperazine rings is 1. The fourth-order valence-electron chi connectivity index (χ4n) is 3.51. The van der Waals surface area contributed by atoms with Crippen LogP contribution in [-0.4, -0.2) is 60.1 Å². The van der Waals surface area contributed by atoms with E-state index in [1.54, 1.807) is 0 Å². The van der Waals surface area contributed by atoms with E-state index in [1.807, 2.05) is 0 Å². The molecule has 0 saturated carbocycles. The zero-order valence-corrected chi connectivity index (χ0v) is 12.7. The summed E-state index contributed by atoms with van der Waals surface area (Å²) in [5.74, 6) is 0. The maximum atomic E-state index is 3.59. The largest absolute Gasteiger partial charge is 0.311 e. The molecule has 18 heavy (non-hydrogen) atoms. The summed E-state index contributed by atoms with van der Waals surface area (Å²) in [4.78, 5) is 5.42. The summed E-state index contributed by atoms with van der Waals surface area (Å²) in [7, 11) is 0. The standard InChI is InChI=1S/C15H31N3/c1-12(2)17-8-5-6-15(7-9-17)18-11-13(3)16-10-14(18)4/h12-16H,5-11H2,1-4H3. The van der Waals surface area contributed by atoms with Crippen LogP contribution >= 0.6 is 0 Å². The van der Waals surface area contributed by atoms with Crippen molar-refractivity contribution < 1.29 is 0 Å². The van der Waals surface area contributed by atoms with Crippen molar-refractivity contribution in [1.29, 1.82) is 0 Å². The Bertz CT molecular complexity index is 254. The molecule has 2 rings (SSSR count). The summed E-state index contributed by atoms with van der Waals surface area (Å²) in [6, 6.07) is 2.89. The molecule has 0 spiro atoms. The molecule has 3 heteroatoms. The maximum Gasteiger partial charge on any atom is 0.0196 e. The van der Waals surface area contributed by atoms with Crippen LogP contribution in [0.4, 0.5) is 0 Å². The first-order valence-corrected chi connectivity index (χ1v) is 7.81. The highest BCUT2D eigenvalue weighted by Crippen LogP contribution is 2.22. The second-order valence-corrected chi connectivity index (χ2v) is 6.57. The highest BCUT2D eigenvalue weighted by Gasteiger charge is 2.30. The Morgan fingerprint density at radius 2 is 1.89 bits per heavy atom. The zero-order valence-electron chi connectivity index (χ0n) is 12.7. The third kappa shape index (κ3) is 3.46. The molecule has 0 amide bonds. The smallest absolute Gasteiger partial charge is 0.0196 e. The molecule has 1 N–H and O–H groups in total. The topological polar surface area (TPSA) is 18.5 Å². The fraction of sp³-hybridized carbons (Fsp3) is 1.00. The normalized spacial score (nSPS) is 36.8. The van der Waals surface area contributed by atoms with Gasteiger partial charge in [0, 0.05) is 37.3 Å². The van der Waals surface area contributed by atoms with Gasteiger partial charge in [0.2, 0.25) is 0 Å². The number of likely N-dealkylation sites (tertiary alicyclic amines) is 1. The van der Waals surface area contributed by atoms with Gasteiger partial charge in [0.15, 0.2) is 0 Å². The SMILES string of the molecule is CC1CN(C2CCCN(C(C)C)CC2)C(C)CN1. The predicted molar refractivity (Wildman–Crippen MR) is 78.0 cm³/mol. The quantitative estimate of drug-likeness (QED) is 0.811. The van der Waals surface area contributed by atoms with Crippen LogP contribution in [0.25, 0.3) is 0 Å². The van der Waals surface area contributed by atoms with E-state index in [2.05, 4.69) is 42.8 Å². The molecule has 0 aromatic rings. The molecular weight excluding hydrogens is 222 g/mol. The van der Waals surface area contributed by atoms with Gasteiger partial charge in [0.1, 0.15) is 0 Å². The van der Waals surface area contributed by atoms with E-state index in [1.165, 1.54) is 38.9 Å². The lowest BCUT2D eigenvalue weighted by Crippen LogP contribution is -2.57. The molecule has 0 radical (unpaired) electrons. The van der Waals surface area contributed by atoms with Gasteiger partial charge >= 0.3 is 0 Å². The van der Waals surface area contributed by atoms with E-state index < -0.39 is 0 Å². The molecule has 2 aliphatic heterocycles. The Hall–Kier alpha value is -0.120. The molecule has 0 aliphatic carbocycles. The molecule has 3 nitrogen and oxygen atoms in total. The summed E-state index contributed by atoms with van der Waals surface area (Å²) in [5.41, 5.74) is 0. The fourth-order valence-corrected chi connectivity index (χ4v) is 3.51. The number of rotatable bonds is 2. The monoisotopic (exact) mass is 253 g/mol. The Morgan fingerprint density at radius 1 is 1.11 bits per heavy atom. The van der Waals surface area contributed by atoms with Crippen LogP contribution in [0.5, 0.6) is 0 Å². The van der Waals surface area contributed by atoms with Crippen molar-refractivity contribution in [3.05, 3.63) is 0 Å². The summed E-state index contributed by atoms with van der Waals surface area (Å²) < 4.78 is 0. The first kappa shape index (κ1) is 14.3. The molecule has 3 atom stereocenters. The second kappa shape index (κ2) is 6.36. The lowest BCUT2D eigenvalue weighted by atomic mass is 10.0. The predicted octanol–water partition coefficient (Wildman–Crippen LogP) is 1.93. The van der Waals surface area contributed by atoms with Crippen LogP contribution in [0, 0.1) is 0 Å².